The second-order valence-electron chi connectivity index (χ2n) is 4.62. The summed E-state index contributed by atoms with van der Waals surface area (Å²) in [5.41, 5.74) is 1.14. The lowest BCUT2D eigenvalue weighted by Gasteiger charge is -2.18. The Bertz CT molecular complexity index is 420. The summed E-state index contributed by atoms with van der Waals surface area (Å²) in [6.45, 7) is 9.16. The average molecular weight is 279 g/mol. The molecule has 0 bridgehead atoms. The van der Waals surface area contributed by atoms with Crippen molar-refractivity contribution in [1.82, 2.24) is 5.32 Å². The zero-order chi connectivity index (χ0) is 15.0. The van der Waals surface area contributed by atoms with Gasteiger partial charge < -0.3 is 14.8 Å². The van der Waals surface area contributed by atoms with E-state index in [4.69, 9.17) is 9.47 Å². The molecule has 0 aliphatic carbocycles. The van der Waals surface area contributed by atoms with Gasteiger partial charge in [0.05, 0.1) is 6.61 Å². The second-order valence-corrected chi connectivity index (χ2v) is 4.62. The highest BCUT2D eigenvalue weighted by molar-refractivity contribution is 5.75. The van der Waals surface area contributed by atoms with Crippen molar-refractivity contribution in [1.29, 1.82) is 0 Å². The Balaban J connectivity index is 2.76. The van der Waals surface area contributed by atoms with Crippen molar-refractivity contribution >= 4 is 5.97 Å². The molecule has 0 aromatic heterocycles. The van der Waals surface area contributed by atoms with Gasteiger partial charge in [-0.3, -0.25) is 0 Å². The molecule has 2 unspecified atom stereocenters. The first-order valence-electron chi connectivity index (χ1n) is 7.28. The van der Waals surface area contributed by atoms with Gasteiger partial charge >= 0.3 is 5.97 Å². The molecule has 1 aromatic carbocycles. The van der Waals surface area contributed by atoms with Crippen LogP contribution in [-0.2, 0) is 9.53 Å². The first-order chi connectivity index (χ1) is 9.62. The molecule has 0 heterocycles. The predicted octanol–water partition coefficient (Wildman–Crippen LogP) is 3.08. The number of nitrogens with one attached hydrogen (secondary N) is 1. The Labute approximate surface area is 121 Å². The zero-order valence-corrected chi connectivity index (χ0v) is 12.8. The summed E-state index contributed by atoms with van der Waals surface area (Å²) < 4.78 is 10.8. The molecule has 2 atom stereocenters. The van der Waals surface area contributed by atoms with Crippen molar-refractivity contribution in [2.45, 2.75) is 46.3 Å². The minimum Gasteiger partial charge on any atom is -0.479 e. The molecule has 1 N–H and O–H groups in total. The molecule has 0 fully saturated rings. The normalized spacial score (nSPS) is 13.6. The van der Waals surface area contributed by atoms with E-state index in [0.29, 0.717) is 18.8 Å². The molecular weight excluding hydrogens is 254 g/mol. The van der Waals surface area contributed by atoms with E-state index in [1.165, 1.54) is 0 Å². The fourth-order valence-electron chi connectivity index (χ4n) is 1.98. The van der Waals surface area contributed by atoms with E-state index in [1.54, 1.807) is 6.92 Å². The van der Waals surface area contributed by atoms with Crippen LogP contribution in [0.2, 0.25) is 0 Å². The van der Waals surface area contributed by atoms with Crippen LogP contribution >= 0.6 is 0 Å². The lowest BCUT2D eigenvalue weighted by Crippen LogP contribution is -2.28. The molecule has 0 aliphatic rings. The van der Waals surface area contributed by atoms with E-state index >= 15 is 0 Å². The van der Waals surface area contributed by atoms with Gasteiger partial charge in [0.15, 0.2) is 6.10 Å². The van der Waals surface area contributed by atoms with Gasteiger partial charge in [0.2, 0.25) is 0 Å². The third-order valence-corrected chi connectivity index (χ3v) is 3.07. The van der Waals surface area contributed by atoms with Crippen molar-refractivity contribution in [3.8, 4) is 5.75 Å². The smallest absolute Gasteiger partial charge is 0.347 e. The van der Waals surface area contributed by atoms with Gasteiger partial charge in [-0.2, -0.15) is 0 Å². The number of hydrogen-bond donors (Lipinski definition) is 1. The largest absolute Gasteiger partial charge is 0.479 e. The minimum absolute atomic E-state index is 0.256. The Kier molecular flexibility index (Phi) is 7.09. The first-order valence-corrected chi connectivity index (χ1v) is 7.28. The highest BCUT2D eigenvalue weighted by atomic mass is 16.6. The van der Waals surface area contributed by atoms with Crippen molar-refractivity contribution in [3.05, 3.63) is 29.8 Å². The number of ether oxygens (including phenoxy) is 2. The van der Waals surface area contributed by atoms with Gasteiger partial charge in [-0.1, -0.05) is 26.0 Å². The van der Waals surface area contributed by atoms with Gasteiger partial charge in [-0.25, -0.2) is 4.79 Å². The molecule has 0 spiro atoms. The molecule has 0 aliphatic heterocycles. The molecule has 0 saturated heterocycles. The Morgan fingerprint density at radius 2 is 2.05 bits per heavy atom. The van der Waals surface area contributed by atoms with Crippen LogP contribution in [0.3, 0.4) is 0 Å². The van der Waals surface area contributed by atoms with Crippen LogP contribution in [0.25, 0.3) is 0 Å². The fraction of sp³-hybridized carbons (Fsp3) is 0.562. The molecule has 20 heavy (non-hydrogen) atoms. The number of hydrogen-bond acceptors (Lipinski definition) is 4. The summed E-state index contributed by atoms with van der Waals surface area (Å²) in [5.74, 6) is 0.396. The van der Waals surface area contributed by atoms with Crippen molar-refractivity contribution in [2.75, 3.05) is 13.2 Å². The van der Waals surface area contributed by atoms with Crippen molar-refractivity contribution in [2.24, 2.45) is 0 Å². The Hall–Kier alpha value is -1.55. The van der Waals surface area contributed by atoms with Gasteiger partial charge in [0.25, 0.3) is 0 Å². The van der Waals surface area contributed by atoms with Crippen molar-refractivity contribution in [3.63, 3.8) is 0 Å². The van der Waals surface area contributed by atoms with Crippen molar-refractivity contribution < 1.29 is 14.3 Å². The SMILES string of the molecule is CCNC(C)c1cccc(OC(CC)C(=O)OCC)c1. The highest BCUT2D eigenvalue weighted by Gasteiger charge is 2.19. The average Bonchev–Trinajstić information content (AvgIpc) is 2.45. The van der Waals surface area contributed by atoms with E-state index in [1.807, 2.05) is 31.2 Å². The number of rotatable bonds is 8. The van der Waals surface area contributed by atoms with Crippen LogP contribution in [-0.4, -0.2) is 25.2 Å². The summed E-state index contributed by atoms with van der Waals surface area (Å²) in [4.78, 5) is 11.7. The van der Waals surface area contributed by atoms with Gasteiger partial charge in [0.1, 0.15) is 5.75 Å². The molecule has 0 saturated carbocycles. The zero-order valence-electron chi connectivity index (χ0n) is 12.8. The van der Waals surface area contributed by atoms with E-state index in [-0.39, 0.29) is 12.0 Å². The standard InChI is InChI=1S/C16H25NO3/c1-5-15(16(18)19-7-3)20-14-10-8-9-13(11-14)12(4)17-6-2/h8-12,15,17H,5-7H2,1-4H3. The third kappa shape index (κ3) is 4.85. The van der Waals surface area contributed by atoms with E-state index in [0.717, 1.165) is 12.1 Å². The number of benzene rings is 1. The molecule has 4 heteroatoms. The quantitative estimate of drug-likeness (QED) is 0.743. The van der Waals surface area contributed by atoms with Crippen LogP contribution in [0.4, 0.5) is 0 Å². The van der Waals surface area contributed by atoms with Crippen LogP contribution in [0.5, 0.6) is 5.75 Å². The third-order valence-electron chi connectivity index (χ3n) is 3.07. The molecule has 4 nitrogen and oxygen atoms in total. The summed E-state index contributed by atoms with van der Waals surface area (Å²) >= 11 is 0. The van der Waals surface area contributed by atoms with Crippen LogP contribution in [0.15, 0.2) is 24.3 Å². The van der Waals surface area contributed by atoms with E-state index in [9.17, 15) is 4.79 Å². The monoisotopic (exact) mass is 279 g/mol. The molecule has 112 valence electrons. The summed E-state index contributed by atoms with van der Waals surface area (Å²) in [7, 11) is 0. The maximum Gasteiger partial charge on any atom is 0.347 e. The van der Waals surface area contributed by atoms with E-state index < -0.39 is 6.10 Å². The van der Waals surface area contributed by atoms with Crippen LogP contribution in [0.1, 0.15) is 45.7 Å². The summed E-state index contributed by atoms with van der Waals surface area (Å²) in [6.07, 6.45) is 0.0471. The Morgan fingerprint density at radius 1 is 1.30 bits per heavy atom. The second kappa shape index (κ2) is 8.59. The first kappa shape index (κ1) is 16.5. The van der Waals surface area contributed by atoms with Gasteiger partial charge in [-0.15, -0.1) is 0 Å². The van der Waals surface area contributed by atoms with Crippen LogP contribution < -0.4 is 10.1 Å². The lowest BCUT2D eigenvalue weighted by atomic mass is 10.1. The lowest BCUT2D eigenvalue weighted by molar-refractivity contribution is -0.151. The topological polar surface area (TPSA) is 47.6 Å². The highest BCUT2D eigenvalue weighted by Crippen LogP contribution is 2.20. The summed E-state index contributed by atoms with van der Waals surface area (Å²) in [6, 6.07) is 8.08. The minimum atomic E-state index is -0.542. The molecule has 1 aromatic rings. The number of carbonyl (C=O) groups is 1. The molecular formula is C16H25NO3. The van der Waals surface area contributed by atoms with Gasteiger partial charge in [-0.05, 0) is 44.5 Å². The number of carbonyl (C=O) groups excluding carboxylic acids is 1. The maximum atomic E-state index is 11.7. The van der Waals surface area contributed by atoms with Crippen LogP contribution in [0, 0.1) is 0 Å². The summed E-state index contributed by atoms with van der Waals surface area (Å²) in [5, 5.41) is 3.35. The maximum absolute atomic E-state index is 11.7. The number of esters is 1. The molecule has 0 radical (unpaired) electrons. The molecule has 1 rings (SSSR count). The predicted molar refractivity (Wildman–Crippen MR) is 79.9 cm³/mol. The fourth-order valence-corrected chi connectivity index (χ4v) is 1.98. The molecule has 0 amide bonds. The van der Waals surface area contributed by atoms with Gasteiger partial charge in [0, 0.05) is 6.04 Å². The van der Waals surface area contributed by atoms with E-state index in [2.05, 4.69) is 19.2 Å². The Morgan fingerprint density at radius 3 is 2.65 bits per heavy atom.